The Morgan fingerprint density at radius 2 is 1.88 bits per heavy atom. The van der Waals surface area contributed by atoms with Gasteiger partial charge in [0.25, 0.3) is 0 Å². The molecule has 212 valence electrons. The van der Waals surface area contributed by atoms with E-state index in [2.05, 4.69) is 140 Å². The molecule has 0 amide bonds. The molecule has 2 aliphatic carbocycles. The number of hydrogen-bond acceptors (Lipinski definition) is 3. The first-order chi connectivity index (χ1) is 20.1. The monoisotopic (exact) mass is 543 g/mol. The van der Waals surface area contributed by atoms with E-state index < -0.39 is 0 Å². The minimum Gasteiger partial charge on any atom is -0.385 e. The van der Waals surface area contributed by atoms with Gasteiger partial charge in [-0.25, -0.2) is 4.99 Å². The van der Waals surface area contributed by atoms with E-state index >= 15 is 0 Å². The van der Waals surface area contributed by atoms with Crippen LogP contribution < -0.4 is 10.6 Å². The highest BCUT2D eigenvalue weighted by Crippen LogP contribution is 2.34. The molecule has 2 N–H and O–H groups in total. The van der Waals surface area contributed by atoms with Gasteiger partial charge in [0.2, 0.25) is 0 Å². The molecule has 3 nitrogen and oxygen atoms in total. The highest BCUT2D eigenvalue weighted by molar-refractivity contribution is 5.71. The van der Waals surface area contributed by atoms with Crippen LogP contribution in [0.4, 0.5) is 5.69 Å². The van der Waals surface area contributed by atoms with Crippen molar-refractivity contribution in [3.05, 3.63) is 138 Å². The van der Waals surface area contributed by atoms with Gasteiger partial charge in [0.05, 0.1) is 0 Å². The van der Waals surface area contributed by atoms with Crippen LogP contribution in [-0.4, -0.2) is 13.3 Å². The Bertz CT molecular complexity index is 1380. The van der Waals surface area contributed by atoms with Crippen LogP contribution in [0.2, 0.25) is 0 Å². The number of aliphatic imine (C=N–C) groups is 1. The number of nitrogens with zero attached hydrogens (tertiary/aromatic N) is 1. The second-order valence-electron chi connectivity index (χ2n) is 11.0. The fraction of sp³-hybridized carbons (Fsp3) is 0.289. The van der Waals surface area contributed by atoms with Gasteiger partial charge in [0.1, 0.15) is 5.82 Å². The minimum absolute atomic E-state index is 0.234. The van der Waals surface area contributed by atoms with E-state index in [4.69, 9.17) is 0 Å². The topological polar surface area (TPSA) is 36.4 Å². The van der Waals surface area contributed by atoms with Gasteiger partial charge >= 0.3 is 0 Å². The summed E-state index contributed by atoms with van der Waals surface area (Å²) in [6, 6.07) is 15.7. The molecule has 0 saturated heterocycles. The molecule has 2 aliphatic rings. The average Bonchev–Trinajstić information content (AvgIpc) is 3.00. The van der Waals surface area contributed by atoms with Crippen molar-refractivity contribution in [3.8, 4) is 11.1 Å². The number of allylic oxidation sites excluding steroid dienone is 11. The van der Waals surface area contributed by atoms with Crippen LogP contribution in [0.1, 0.15) is 62.5 Å². The molecule has 2 unspecified atom stereocenters. The predicted octanol–water partition coefficient (Wildman–Crippen LogP) is 9.96. The Kier molecular flexibility index (Phi) is 11.4. The summed E-state index contributed by atoms with van der Waals surface area (Å²) in [5.74, 6) is 1.65. The maximum Gasteiger partial charge on any atom is 0.125 e. The van der Waals surface area contributed by atoms with Crippen molar-refractivity contribution in [2.45, 2.75) is 58.3 Å². The Hall–Kier alpha value is -4.11. The van der Waals surface area contributed by atoms with E-state index in [1.165, 1.54) is 33.5 Å². The molecule has 0 spiro atoms. The van der Waals surface area contributed by atoms with E-state index in [0.717, 1.165) is 56.6 Å². The summed E-state index contributed by atoms with van der Waals surface area (Å²) in [5, 5.41) is 7.24. The third-order valence-corrected chi connectivity index (χ3v) is 7.71. The molecule has 0 fully saturated rings. The zero-order valence-electron chi connectivity index (χ0n) is 24.8. The van der Waals surface area contributed by atoms with Gasteiger partial charge in [-0.05, 0) is 98.6 Å². The van der Waals surface area contributed by atoms with E-state index in [0.29, 0.717) is 5.92 Å². The molecule has 3 heteroatoms. The minimum atomic E-state index is 0.234. The number of hydrogen-bond donors (Lipinski definition) is 2. The number of rotatable bonds is 14. The molecule has 0 saturated carbocycles. The van der Waals surface area contributed by atoms with Crippen molar-refractivity contribution >= 4 is 12.4 Å². The summed E-state index contributed by atoms with van der Waals surface area (Å²) in [6.45, 7) is 13.0. The van der Waals surface area contributed by atoms with E-state index in [-0.39, 0.29) is 5.92 Å². The maximum absolute atomic E-state index is 4.32. The van der Waals surface area contributed by atoms with Crippen LogP contribution in [0.5, 0.6) is 0 Å². The fourth-order valence-electron chi connectivity index (χ4n) is 5.35. The molecule has 0 heterocycles. The third-order valence-electron chi connectivity index (χ3n) is 7.71. The molecule has 4 rings (SSSR count). The van der Waals surface area contributed by atoms with Crippen molar-refractivity contribution < 1.29 is 0 Å². The summed E-state index contributed by atoms with van der Waals surface area (Å²) in [4.78, 5) is 4.32. The fourth-order valence-corrected chi connectivity index (χ4v) is 5.35. The maximum atomic E-state index is 4.32. The van der Waals surface area contributed by atoms with Crippen molar-refractivity contribution in [2.24, 2.45) is 10.9 Å². The zero-order valence-corrected chi connectivity index (χ0v) is 24.8. The SMILES string of the molecule is C=CCCC=CCCNc1cc(-c2cccc(C3CC=CC=C3N/C(=C/CC3=CC=CC(C)C3)N=C)c2)ccc1C. The van der Waals surface area contributed by atoms with Gasteiger partial charge in [0.15, 0.2) is 0 Å². The van der Waals surface area contributed by atoms with Gasteiger partial charge in [-0.3, -0.25) is 0 Å². The van der Waals surface area contributed by atoms with Crippen molar-refractivity contribution in [3.63, 3.8) is 0 Å². The van der Waals surface area contributed by atoms with Gasteiger partial charge in [-0.15, -0.1) is 6.58 Å². The second-order valence-corrected chi connectivity index (χ2v) is 11.0. The molecule has 2 aromatic rings. The molecule has 0 bridgehead atoms. The first-order valence-corrected chi connectivity index (χ1v) is 14.9. The summed E-state index contributed by atoms with van der Waals surface area (Å²) < 4.78 is 0. The van der Waals surface area contributed by atoms with Gasteiger partial charge in [-0.2, -0.15) is 0 Å². The van der Waals surface area contributed by atoms with Gasteiger partial charge in [-0.1, -0.05) is 97.5 Å². The predicted molar refractivity (Wildman–Crippen MR) is 179 cm³/mol. The standard InChI is InChI=1S/C38H45N3/c1-5-6-7-8-9-12-25-40-37-28-33(23-21-30(37)3)32-17-14-18-34(27-32)35-19-10-11-20-36(35)41-38(39-4)24-22-31-16-13-15-29(2)26-31/h5,8-11,13-18,20-21,23-24,27-29,35,40-41H,1,4,6-7,12,19,22,25-26H2,2-3H3/b9-8?,38-24+. The second kappa shape index (κ2) is 15.6. The first kappa shape index (κ1) is 29.9. The van der Waals surface area contributed by atoms with Crippen LogP contribution in [0.3, 0.4) is 0 Å². The lowest BCUT2D eigenvalue weighted by atomic mass is 9.87. The molecule has 2 atom stereocenters. The Morgan fingerprint density at radius 1 is 1.02 bits per heavy atom. The third kappa shape index (κ3) is 8.94. The van der Waals surface area contributed by atoms with E-state index in [1.807, 2.05) is 6.08 Å². The molecule has 0 aromatic heterocycles. The molecule has 0 radical (unpaired) electrons. The van der Waals surface area contributed by atoms with Crippen molar-refractivity contribution in [1.29, 1.82) is 0 Å². The van der Waals surface area contributed by atoms with Gasteiger partial charge in [0, 0.05) is 23.8 Å². The number of nitrogens with one attached hydrogen (secondary N) is 2. The van der Waals surface area contributed by atoms with E-state index in [9.17, 15) is 0 Å². The summed E-state index contributed by atoms with van der Waals surface area (Å²) in [5.41, 5.74) is 8.79. The highest BCUT2D eigenvalue weighted by Gasteiger charge is 2.19. The summed E-state index contributed by atoms with van der Waals surface area (Å²) in [7, 11) is 0. The Morgan fingerprint density at radius 3 is 2.71 bits per heavy atom. The average molecular weight is 544 g/mol. The van der Waals surface area contributed by atoms with Crippen LogP contribution in [0.15, 0.2) is 132 Å². The lowest BCUT2D eigenvalue weighted by molar-refractivity contribution is 0.693. The largest absolute Gasteiger partial charge is 0.385 e. The molecule has 2 aromatic carbocycles. The van der Waals surface area contributed by atoms with Crippen LogP contribution >= 0.6 is 0 Å². The molecular formula is C38H45N3. The zero-order chi connectivity index (χ0) is 28.9. The number of benzene rings is 2. The quantitative estimate of drug-likeness (QED) is 0.141. The Balaban J connectivity index is 1.45. The summed E-state index contributed by atoms with van der Waals surface area (Å²) in [6.07, 6.45) is 27.9. The van der Waals surface area contributed by atoms with Gasteiger partial charge < -0.3 is 10.6 Å². The van der Waals surface area contributed by atoms with Crippen LogP contribution in [0, 0.1) is 12.8 Å². The number of unbranched alkanes of at least 4 members (excludes halogenated alkanes) is 1. The smallest absolute Gasteiger partial charge is 0.125 e. The molecule has 0 aliphatic heterocycles. The molecule has 41 heavy (non-hydrogen) atoms. The lowest BCUT2D eigenvalue weighted by Gasteiger charge is -2.24. The van der Waals surface area contributed by atoms with Crippen molar-refractivity contribution in [1.82, 2.24) is 5.32 Å². The number of anilines is 1. The normalized spacial score (nSPS) is 18.6. The first-order valence-electron chi connectivity index (χ1n) is 14.9. The highest BCUT2D eigenvalue weighted by atomic mass is 15.0. The number of aryl methyl sites for hydroxylation is 1. The van der Waals surface area contributed by atoms with Crippen LogP contribution in [-0.2, 0) is 0 Å². The van der Waals surface area contributed by atoms with Crippen LogP contribution in [0.25, 0.3) is 11.1 Å². The Labute approximate surface area is 247 Å². The van der Waals surface area contributed by atoms with E-state index in [1.54, 1.807) is 0 Å². The summed E-state index contributed by atoms with van der Waals surface area (Å²) >= 11 is 0. The molecular weight excluding hydrogens is 498 g/mol. The lowest BCUT2D eigenvalue weighted by Crippen LogP contribution is -2.19. The van der Waals surface area contributed by atoms with Crippen molar-refractivity contribution in [2.75, 3.05) is 11.9 Å².